The molecule has 4 nitrogen and oxygen atoms in total. The SMILES string of the molecule is C1=C(c2cccc3oc4ccccc4c23)/N=C(c2cccc3sc4ccccc4c23)\N=C(\c2cccc3oc4ccc(-c5cccc6c5C5(c7ccccc7-c7ccccc75)c5ccccc5-6)cc4c23)CC\1. The van der Waals surface area contributed by atoms with Gasteiger partial charge in [-0.05, 0) is 111 Å². The Balaban J connectivity index is 0.915. The third kappa shape index (κ3) is 5.46. The standard InChI is InChI=1S/C67H40N2O2S/c1-6-26-51-41(16-1)42-17-2-7-27-52(42)67(51)53-28-8-3-18-43(53)44-22-11-21-40(65(44)67)39-36-37-57-50(38-39)63-46(24-13-33-59(63)71-57)55-30-15-29-54(45-23-12-32-58-62(45)47-19-4-9-31-56(47)70-58)68-66(69-55)49-25-14-35-61-64(49)48-20-5-10-34-60(48)72-61/h1-14,16-29,31-38H,15,30H2/b54-29-,68-66-,69-55+. The molecule has 3 aliphatic rings. The van der Waals surface area contributed by atoms with Gasteiger partial charge in [-0.25, -0.2) is 9.98 Å². The van der Waals surface area contributed by atoms with Gasteiger partial charge in [0.25, 0.3) is 0 Å². The molecule has 336 valence electrons. The van der Waals surface area contributed by atoms with Crippen LogP contribution in [0.1, 0.15) is 51.8 Å². The zero-order chi connectivity index (χ0) is 47.1. The van der Waals surface area contributed by atoms with Gasteiger partial charge in [-0.1, -0.05) is 176 Å². The number of allylic oxidation sites excluding steroid dienone is 1. The zero-order valence-electron chi connectivity index (χ0n) is 38.8. The van der Waals surface area contributed by atoms with Gasteiger partial charge in [0, 0.05) is 58.4 Å². The quantitative estimate of drug-likeness (QED) is 0.177. The lowest BCUT2D eigenvalue weighted by Gasteiger charge is -2.32. The van der Waals surface area contributed by atoms with Crippen LogP contribution in [0.4, 0.5) is 0 Å². The molecule has 0 unspecified atom stereocenters. The summed E-state index contributed by atoms with van der Waals surface area (Å²) in [5.74, 6) is 0.683. The van der Waals surface area contributed by atoms with Crippen LogP contribution in [0.2, 0.25) is 0 Å². The summed E-state index contributed by atoms with van der Waals surface area (Å²) in [7, 11) is 0. The third-order valence-corrected chi connectivity index (χ3v) is 16.8. The number of nitrogens with zero attached hydrogens (tertiary/aromatic N) is 2. The minimum Gasteiger partial charge on any atom is -0.456 e. The highest BCUT2D eigenvalue weighted by Crippen LogP contribution is 2.64. The second kappa shape index (κ2) is 15.1. The highest BCUT2D eigenvalue weighted by molar-refractivity contribution is 7.25. The molecular weight excluding hydrogens is 897 g/mol. The first kappa shape index (κ1) is 39.9. The lowest BCUT2D eigenvalue weighted by molar-refractivity contribution is 0.668. The van der Waals surface area contributed by atoms with E-state index in [-0.39, 0.29) is 0 Å². The number of rotatable bonds is 4. The molecule has 1 aliphatic heterocycles. The summed E-state index contributed by atoms with van der Waals surface area (Å²) in [6.07, 6.45) is 3.73. The molecule has 13 aromatic rings. The monoisotopic (exact) mass is 936 g/mol. The van der Waals surface area contributed by atoms with Crippen LogP contribution in [-0.4, -0.2) is 11.5 Å². The van der Waals surface area contributed by atoms with Crippen molar-refractivity contribution in [1.29, 1.82) is 0 Å². The number of hydrogen-bond acceptors (Lipinski definition) is 5. The molecular formula is C67H40N2O2S. The van der Waals surface area contributed by atoms with E-state index in [2.05, 4.69) is 206 Å². The second-order valence-electron chi connectivity index (χ2n) is 19.3. The summed E-state index contributed by atoms with van der Waals surface area (Å²) in [6.45, 7) is 0. The Hall–Kier alpha value is -8.90. The molecule has 4 heterocycles. The number of amidine groups is 1. The molecule has 10 aromatic carbocycles. The molecule has 2 aliphatic carbocycles. The molecule has 0 radical (unpaired) electrons. The molecule has 72 heavy (non-hydrogen) atoms. The number of fused-ring (bicyclic) bond motifs is 19. The fourth-order valence-electron chi connectivity index (χ4n) is 12.8. The summed E-state index contributed by atoms with van der Waals surface area (Å²) < 4.78 is 15.7. The molecule has 16 rings (SSSR count). The summed E-state index contributed by atoms with van der Waals surface area (Å²) in [6, 6.07) is 77.0. The Labute approximate surface area is 418 Å². The van der Waals surface area contributed by atoms with Gasteiger partial charge in [-0.15, -0.1) is 11.3 Å². The first-order valence-electron chi connectivity index (χ1n) is 24.8. The van der Waals surface area contributed by atoms with E-state index >= 15 is 0 Å². The summed E-state index contributed by atoms with van der Waals surface area (Å²) >= 11 is 1.81. The number of furan rings is 2. The molecule has 0 fully saturated rings. The van der Waals surface area contributed by atoms with E-state index in [1.54, 1.807) is 0 Å². The lowest BCUT2D eigenvalue weighted by Crippen LogP contribution is -2.26. The molecule has 0 N–H and O–H groups in total. The van der Waals surface area contributed by atoms with Gasteiger partial charge in [0.1, 0.15) is 22.3 Å². The Kier molecular flexibility index (Phi) is 8.34. The van der Waals surface area contributed by atoms with E-state index in [9.17, 15) is 0 Å². The number of thiophene rings is 1. The van der Waals surface area contributed by atoms with Gasteiger partial charge in [-0.3, -0.25) is 0 Å². The van der Waals surface area contributed by atoms with Crippen molar-refractivity contribution in [2.45, 2.75) is 18.3 Å². The van der Waals surface area contributed by atoms with Gasteiger partial charge in [0.2, 0.25) is 0 Å². The smallest absolute Gasteiger partial charge is 0.160 e. The van der Waals surface area contributed by atoms with Crippen molar-refractivity contribution >= 4 is 92.6 Å². The Morgan fingerprint density at radius 3 is 1.71 bits per heavy atom. The van der Waals surface area contributed by atoms with Crippen molar-refractivity contribution in [3.63, 3.8) is 0 Å². The van der Waals surface area contributed by atoms with Crippen molar-refractivity contribution in [1.82, 2.24) is 0 Å². The van der Waals surface area contributed by atoms with Gasteiger partial charge in [0.05, 0.1) is 16.8 Å². The molecule has 0 bridgehead atoms. The molecule has 1 spiro atoms. The van der Waals surface area contributed by atoms with Crippen molar-refractivity contribution < 1.29 is 8.83 Å². The maximum atomic E-state index is 6.81. The summed E-state index contributed by atoms with van der Waals surface area (Å²) in [5, 5.41) is 6.65. The zero-order valence-corrected chi connectivity index (χ0v) is 39.6. The van der Waals surface area contributed by atoms with Crippen LogP contribution < -0.4 is 0 Å². The van der Waals surface area contributed by atoms with E-state index in [0.29, 0.717) is 12.3 Å². The second-order valence-corrected chi connectivity index (χ2v) is 20.4. The average Bonchev–Trinajstić information content (AvgIpc) is 4.24. The van der Waals surface area contributed by atoms with Crippen molar-refractivity contribution in [3.8, 4) is 33.4 Å². The molecule has 5 heteroatoms. The van der Waals surface area contributed by atoms with E-state index in [0.717, 1.165) is 84.0 Å². The van der Waals surface area contributed by atoms with E-state index < -0.39 is 5.41 Å². The van der Waals surface area contributed by atoms with Crippen LogP contribution >= 0.6 is 11.3 Å². The minimum atomic E-state index is -0.475. The van der Waals surface area contributed by atoms with E-state index in [1.807, 2.05) is 23.5 Å². The molecule has 0 atom stereocenters. The fraction of sp³-hybridized carbons (Fsp3) is 0.0448. The Morgan fingerprint density at radius 1 is 0.389 bits per heavy atom. The molecule has 0 saturated heterocycles. The van der Waals surface area contributed by atoms with Crippen molar-refractivity contribution in [2.75, 3.05) is 0 Å². The van der Waals surface area contributed by atoms with Gasteiger partial charge in [0.15, 0.2) is 5.84 Å². The first-order chi connectivity index (χ1) is 35.7. The van der Waals surface area contributed by atoms with Crippen LogP contribution in [0.5, 0.6) is 0 Å². The minimum absolute atomic E-state index is 0.475. The lowest BCUT2D eigenvalue weighted by atomic mass is 9.68. The first-order valence-corrected chi connectivity index (χ1v) is 25.6. The fourth-order valence-corrected chi connectivity index (χ4v) is 13.9. The predicted octanol–water partition coefficient (Wildman–Crippen LogP) is 17.9. The summed E-state index contributed by atoms with van der Waals surface area (Å²) in [5.41, 5.74) is 20.7. The van der Waals surface area contributed by atoms with E-state index in [1.165, 1.54) is 70.2 Å². The number of aliphatic imine (C=N–C) groups is 2. The van der Waals surface area contributed by atoms with Crippen LogP contribution in [-0.2, 0) is 5.41 Å². The van der Waals surface area contributed by atoms with Crippen LogP contribution in [0.3, 0.4) is 0 Å². The highest BCUT2D eigenvalue weighted by Gasteiger charge is 2.52. The van der Waals surface area contributed by atoms with E-state index in [4.69, 9.17) is 18.8 Å². The average molecular weight is 937 g/mol. The summed E-state index contributed by atoms with van der Waals surface area (Å²) in [4.78, 5) is 11.4. The van der Waals surface area contributed by atoms with Crippen LogP contribution in [0.15, 0.2) is 237 Å². The number of para-hydroxylation sites is 1. The van der Waals surface area contributed by atoms with Crippen LogP contribution in [0, 0.1) is 0 Å². The maximum absolute atomic E-state index is 6.81. The third-order valence-electron chi connectivity index (χ3n) is 15.6. The Bertz CT molecular complexity index is 4530. The molecule has 0 amide bonds. The molecule has 3 aromatic heterocycles. The number of benzene rings is 10. The molecule has 0 saturated carbocycles. The maximum Gasteiger partial charge on any atom is 0.160 e. The van der Waals surface area contributed by atoms with Gasteiger partial charge in [-0.2, -0.15) is 0 Å². The predicted molar refractivity (Wildman–Crippen MR) is 299 cm³/mol. The largest absolute Gasteiger partial charge is 0.456 e. The topological polar surface area (TPSA) is 51.0 Å². The highest BCUT2D eigenvalue weighted by atomic mass is 32.1. The van der Waals surface area contributed by atoms with Crippen molar-refractivity contribution in [2.24, 2.45) is 9.98 Å². The normalized spacial score (nSPS) is 16.8. The van der Waals surface area contributed by atoms with Gasteiger partial charge < -0.3 is 8.83 Å². The van der Waals surface area contributed by atoms with Crippen LogP contribution in [0.25, 0.3) is 103 Å². The van der Waals surface area contributed by atoms with Gasteiger partial charge >= 0.3 is 0 Å². The number of hydrogen-bond donors (Lipinski definition) is 0. The van der Waals surface area contributed by atoms with Crippen molar-refractivity contribution in [3.05, 3.63) is 257 Å². The Morgan fingerprint density at radius 2 is 0.931 bits per heavy atom.